The van der Waals surface area contributed by atoms with E-state index in [2.05, 4.69) is 26.2 Å². The van der Waals surface area contributed by atoms with Crippen LogP contribution < -0.4 is 14.8 Å². The number of amides is 1. The highest BCUT2D eigenvalue weighted by molar-refractivity contribution is 9.10. The second kappa shape index (κ2) is 8.96. The number of carbonyl (C=O) groups excluding carboxylic acids is 1. The molecule has 0 atom stereocenters. The minimum Gasteiger partial charge on any atom is -0.497 e. The molecule has 3 rings (SSSR count). The molecule has 0 aliphatic heterocycles. The number of nitrogens with one attached hydrogen (secondary N) is 1. The van der Waals surface area contributed by atoms with E-state index in [-0.39, 0.29) is 11.7 Å². The van der Waals surface area contributed by atoms with E-state index in [1.165, 1.54) is 11.8 Å². The molecular weight excluding hydrogens is 430 g/mol. The molecule has 0 fully saturated rings. The molecule has 140 valence electrons. The molecule has 0 bridgehead atoms. The van der Waals surface area contributed by atoms with Gasteiger partial charge in [0.1, 0.15) is 11.5 Å². The number of benzene rings is 2. The number of hydrogen-bond donors (Lipinski definition) is 1. The quantitative estimate of drug-likeness (QED) is 0.544. The van der Waals surface area contributed by atoms with Gasteiger partial charge >= 0.3 is 0 Å². The molecule has 0 unspecified atom stereocenters. The van der Waals surface area contributed by atoms with Crippen molar-refractivity contribution in [3.63, 3.8) is 0 Å². The van der Waals surface area contributed by atoms with Crippen LogP contribution in [0, 0.1) is 0 Å². The standard InChI is InChI=1S/C19H18BrN3O3S/c1-25-16-9-14(10-17(11-16)26-2)22-18(24)12-27-19-21-7-8-23(19)15-5-3-13(20)4-6-15/h3-11H,12H2,1-2H3,(H,22,24). The molecule has 0 saturated carbocycles. The third-order valence-corrected chi connectivity index (χ3v) is 5.17. The van der Waals surface area contributed by atoms with E-state index in [0.29, 0.717) is 17.2 Å². The Kier molecular flexibility index (Phi) is 6.41. The fourth-order valence-corrected chi connectivity index (χ4v) is 3.44. The van der Waals surface area contributed by atoms with Gasteiger partial charge in [-0.3, -0.25) is 9.36 Å². The van der Waals surface area contributed by atoms with E-state index < -0.39 is 0 Å². The van der Waals surface area contributed by atoms with E-state index in [0.717, 1.165) is 15.3 Å². The summed E-state index contributed by atoms with van der Waals surface area (Å²) in [5.41, 5.74) is 1.60. The highest BCUT2D eigenvalue weighted by Crippen LogP contribution is 2.26. The number of rotatable bonds is 7. The van der Waals surface area contributed by atoms with Crippen molar-refractivity contribution in [3.8, 4) is 17.2 Å². The van der Waals surface area contributed by atoms with E-state index >= 15 is 0 Å². The maximum atomic E-state index is 12.3. The highest BCUT2D eigenvalue weighted by Gasteiger charge is 2.11. The van der Waals surface area contributed by atoms with Gasteiger partial charge in [-0.1, -0.05) is 27.7 Å². The Balaban J connectivity index is 1.65. The van der Waals surface area contributed by atoms with Gasteiger partial charge in [-0.2, -0.15) is 0 Å². The van der Waals surface area contributed by atoms with Gasteiger partial charge in [0.2, 0.25) is 5.91 Å². The van der Waals surface area contributed by atoms with Crippen LogP contribution in [0.25, 0.3) is 5.69 Å². The van der Waals surface area contributed by atoms with Crippen molar-refractivity contribution in [2.24, 2.45) is 0 Å². The van der Waals surface area contributed by atoms with Crippen molar-refractivity contribution in [1.82, 2.24) is 9.55 Å². The molecule has 0 spiro atoms. The number of thioether (sulfide) groups is 1. The van der Waals surface area contributed by atoms with Crippen LogP contribution in [0.3, 0.4) is 0 Å². The number of anilines is 1. The molecule has 27 heavy (non-hydrogen) atoms. The lowest BCUT2D eigenvalue weighted by Gasteiger charge is -2.10. The third kappa shape index (κ3) is 5.05. The summed E-state index contributed by atoms with van der Waals surface area (Å²) in [6.07, 6.45) is 3.59. The van der Waals surface area contributed by atoms with Gasteiger partial charge in [0.25, 0.3) is 0 Å². The molecule has 0 saturated heterocycles. The van der Waals surface area contributed by atoms with Gasteiger partial charge in [-0.05, 0) is 24.3 Å². The second-order valence-electron chi connectivity index (χ2n) is 5.49. The summed E-state index contributed by atoms with van der Waals surface area (Å²) >= 11 is 4.79. The fourth-order valence-electron chi connectivity index (χ4n) is 2.40. The molecule has 1 amide bonds. The maximum Gasteiger partial charge on any atom is 0.234 e. The number of carbonyl (C=O) groups is 1. The van der Waals surface area contributed by atoms with Crippen LogP contribution in [0.4, 0.5) is 5.69 Å². The molecule has 1 aromatic heterocycles. The van der Waals surface area contributed by atoms with Crippen molar-refractivity contribution < 1.29 is 14.3 Å². The Bertz CT molecular complexity index is 906. The zero-order valence-electron chi connectivity index (χ0n) is 14.8. The number of nitrogens with zero attached hydrogens (tertiary/aromatic N) is 2. The molecule has 1 heterocycles. The normalized spacial score (nSPS) is 10.5. The molecule has 6 nitrogen and oxygen atoms in total. The van der Waals surface area contributed by atoms with Crippen LogP contribution in [0.2, 0.25) is 0 Å². The SMILES string of the molecule is COc1cc(NC(=O)CSc2nccn2-c2ccc(Br)cc2)cc(OC)c1. The lowest BCUT2D eigenvalue weighted by Crippen LogP contribution is -2.14. The summed E-state index contributed by atoms with van der Waals surface area (Å²) in [6.45, 7) is 0. The first-order chi connectivity index (χ1) is 13.1. The van der Waals surface area contributed by atoms with Crippen LogP contribution in [0.15, 0.2) is 64.5 Å². The molecule has 1 N–H and O–H groups in total. The summed E-state index contributed by atoms with van der Waals surface area (Å²) in [5.74, 6) is 1.32. The number of halogens is 1. The van der Waals surface area contributed by atoms with Gasteiger partial charge in [0.15, 0.2) is 5.16 Å². The molecule has 2 aromatic carbocycles. The first-order valence-corrected chi connectivity index (χ1v) is 9.82. The summed E-state index contributed by atoms with van der Waals surface area (Å²) in [7, 11) is 3.14. The van der Waals surface area contributed by atoms with Crippen LogP contribution in [-0.2, 0) is 4.79 Å². The average Bonchev–Trinajstić information content (AvgIpc) is 3.15. The van der Waals surface area contributed by atoms with Crippen LogP contribution >= 0.6 is 27.7 Å². The molecule has 8 heteroatoms. The molecular formula is C19H18BrN3O3S. The Morgan fingerprint density at radius 3 is 2.44 bits per heavy atom. The minimum atomic E-state index is -0.138. The maximum absolute atomic E-state index is 12.3. The Labute approximate surface area is 170 Å². The molecule has 0 aliphatic carbocycles. The van der Waals surface area contributed by atoms with Gasteiger partial charge in [0, 0.05) is 46.4 Å². The first kappa shape index (κ1) is 19.3. The zero-order chi connectivity index (χ0) is 19.2. The summed E-state index contributed by atoms with van der Waals surface area (Å²) in [4.78, 5) is 16.7. The van der Waals surface area contributed by atoms with E-state index in [1.807, 2.05) is 35.0 Å². The number of ether oxygens (including phenoxy) is 2. The van der Waals surface area contributed by atoms with Crippen molar-refractivity contribution >= 4 is 39.3 Å². The smallest absolute Gasteiger partial charge is 0.234 e. The fraction of sp³-hybridized carbons (Fsp3) is 0.158. The predicted octanol–water partition coefficient (Wildman–Crippen LogP) is 4.38. The highest BCUT2D eigenvalue weighted by atomic mass is 79.9. The van der Waals surface area contributed by atoms with Crippen molar-refractivity contribution in [2.45, 2.75) is 5.16 Å². The summed E-state index contributed by atoms with van der Waals surface area (Å²) in [5, 5.41) is 3.60. The Morgan fingerprint density at radius 1 is 1.15 bits per heavy atom. The lowest BCUT2D eigenvalue weighted by molar-refractivity contribution is -0.113. The van der Waals surface area contributed by atoms with Crippen molar-refractivity contribution in [3.05, 3.63) is 59.3 Å². The summed E-state index contributed by atoms with van der Waals surface area (Å²) < 4.78 is 13.4. The predicted molar refractivity (Wildman–Crippen MR) is 110 cm³/mol. The molecule has 3 aromatic rings. The topological polar surface area (TPSA) is 65.4 Å². The second-order valence-corrected chi connectivity index (χ2v) is 7.35. The van der Waals surface area contributed by atoms with E-state index in [1.54, 1.807) is 38.6 Å². The number of methoxy groups -OCH3 is 2. The van der Waals surface area contributed by atoms with E-state index in [4.69, 9.17) is 9.47 Å². The lowest BCUT2D eigenvalue weighted by atomic mass is 10.2. The average molecular weight is 448 g/mol. The monoisotopic (exact) mass is 447 g/mol. The number of aromatic nitrogens is 2. The Hall–Kier alpha value is -2.45. The number of imidazole rings is 1. The minimum absolute atomic E-state index is 0.138. The van der Waals surface area contributed by atoms with Crippen molar-refractivity contribution in [1.29, 1.82) is 0 Å². The number of hydrogen-bond acceptors (Lipinski definition) is 5. The first-order valence-electron chi connectivity index (χ1n) is 8.04. The zero-order valence-corrected chi connectivity index (χ0v) is 17.2. The van der Waals surface area contributed by atoms with E-state index in [9.17, 15) is 4.79 Å². The van der Waals surface area contributed by atoms with Gasteiger partial charge in [-0.25, -0.2) is 4.98 Å². The van der Waals surface area contributed by atoms with Crippen molar-refractivity contribution in [2.75, 3.05) is 25.3 Å². The van der Waals surface area contributed by atoms with Crippen LogP contribution in [-0.4, -0.2) is 35.4 Å². The Morgan fingerprint density at radius 2 is 1.81 bits per heavy atom. The van der Waals surface area contributed by atoms with Gasteiger partial charge in [-0.15, -0.1) is 0 Å². The molecule has 0 radical (unpaired) electrons. The largest absolute Gasteiger partial charge is 0.497 e. The van der Waals surface area contributed by atoms with Crippen LogP contribution in [0.5, 0.6) is 11.5 Å². The van der Waals surface area contributed by atoms with Crippen LogP contribution in [0.1, 0.15) is 0 Å². The third-order valence-electron chi connectivity index (χ3n) is 3.68. The van der Waals surface area contributed by atoms with Gasteiger partial charge < -0.3 is 14.8 Å². The molecule has 0 aliphatic rings. The summed E-state index contributed by atoms with van der Waals surface area (Å²) in [6, 6.07) is 13.1. The van der Waals surface area contributed by atoms with Gasteiger partial charge in [0.05, 0.1) is 20.0 Å².